The van der Waals surface area contributed by atoms with E-state index in [-0.39, 0.29) is 5.91 Å². The number of carbonyl (C=O) groups excluding carboxylic acids is 1. The maximum atomic E-state index is 12.6. The quantitative estimate of drug-likeness (QED) is 0.132. The van der Waals surface area contributed by atoms with Crippen molar-refractivity contribution < 1.29 is 19.0 Å². The first kappa shape index (κ1) is 23.6. The molecule has 1 heterocycles. The number of halogens is 1. The minimum Gasteiger partial charge on any atom is -0.493 e. The Hall–Kier alpha value is -2.04. The molecule has 5 nitrogen and oxygen atoms in total. The summed E-state index contributed by atoms with van der Waals surface area (Å²) in [7, 11) is 1.59. The molecule has 1 saturated heterocycles. The zero-order valence-electron chi connectivity index (χ0n) is 17.2. The highest BCUT2D eigenvalue weighted by Crippen LogP contribution is 2.37. The second-order valence-electron chi connectivity index (χ2n) is 6.58. The summed E-state index contributed by atoms with van der Waals surface area (Å²) in [5.41, 5.74) is 1.92. The van der Waals surface area contributed by atoms with E-state index < -0.39 is 0 Å². The number of aryl methyl sites for hydroxylation is 1. The SMILES string of the molecule is C=CCN1C(=O)C(=Cc2cc(I)c(OCCOc3ccccc3C)c(OC)c2)SC1=S. The predicted molar refractivity (Wildman–Crippen MR) is 138 cm³/mol. The Balaban J connectivity index is 1.70. The molecule has 1 aliphatic heterocycles. The molecular weight excluding hydrogens is 545 g/mol. The molecule has 0 atom stereocenters. The van der Waals surface area contributed by atoms with E-state index in [0.29, 0.717) is 40.5 Å². The van der Waals surface area contributed by atoms with Gasteiger partial charge in [-0.05, 0) is 64.9 Å². The van der Waals surface area contributed by atoms with Crippen molar-refractivity contribution in [3.63, 3.8) is 0 Å². The molecule has 0 aromatic heterocycles. The average molecular weight is 567 g/mol. The van der Waals surface area contributed by atoms with Crippen molar-refractivity contribution in [1.82, 2.24) is 4.90 Å². The summed E-state index contributed by atoms with van der Waals surface area (Å²) >= 11 is 8.78. The predicted octanol–water partition coefficient (Wildman–Crippen LogP) is 5.45. The van der Waals surface area contributed by atoms with Crippen molar-refractivity contribution in [2.45, 2.75) is 6.92 Å². The number of nitrogens with zero attached hydrogens (tertiary/aromatic N) is 1. The maximum absolute atomic E-state index is 12.6. The number of carbonyl (C=O) groups is 1. The number of hydrogen-bond acceptors (Lipinski definition) is 6. The Kier molecular flexibility index (Phi) is 8.39. The van der Waals surface area contributed by atoms with Gasteiger partial charge in [0.05, 0.1) is 15.6 Å². The van der Waals surface area contributed by atoms with Gasteiger partial charge in [0, 0.05) is 6.54 Å². The number of amides is 1. The Labute approximate surface area is 205 Å². The van der Waals surface area contributed by atoms with E-state index in [1.807, 2.05) is 49.4 Å². The third-order valence-corrected chi connectivity index (χ3v) is 6.59. The largest absolute Gasteiger partial charge is 0.493 e. The number of benzene rings is 2. The van der Waals surface area contributed by atoms with Gasteiger partial charge >= 0.3 is 0 Å². The minimum atomic E-state index is -0.113. The van der Waals surface area contributed by atoms with E-state index in [0.717, 1.165) is 20.4 Å². The van der Waals surface area contributed by atoms with Crippen LogP contribution in [0.25, 0.3) is 6.08 Å². The third kappa shape index (κ3) is 5.81. The van der Waals surface area contributed by atoms with Gasteiger partial charge in [0.15, 0.2) is 11.5 Å². The topological polar surface area (TPSA) is 48.0 Å². The molecule has 0 unspecified atom stereocenters. The van der Waals surface area contributed by atoms with Gasteiger partial charge in [-0.3, -0.25) is 9.69 Å². The lowest BCUT2D eigenvalue weighted by atomic mass is 10.2. The Morgan fingerprint density at radius 3 is 2.65 bits per heavy atom. The number of thioether (sulfide) groups is 1. The van der Waals surface area contributed by atoms with Crippen LogP contribution in [0.1, 0.15) is 11.1 Å². The first-order chi connectivity index (χ1) is 14.9. The van der Waals surface area contributed by atoms with Gasteiger partial charge in [-0.15, -0.1) is 6.58 Å². The van der Waals surface area contributed by atoms with E-state index in [1.54, 1.807) is 13.2 Å². The van der Waals surface area contributed by atoms with Gasteiger partial charge in [0.1, 0.15) is 23.3 Å². The normalized spacial score (nSPS) is 14.8. The number of para-hydroxylation sites is 1. The van der Waals surface area contributed by atoms with Crippen molar-refractivity contribution in [2.75, 3.05) is 26.9 Å². The van der Waals surface area contributed by atoms with Gasteiger partial charge in [-0.1, -0.05) is 48.3 Å². The molecule has 3 rings (SSSR count). The standard InChI is InChI=1S/C23H22INO4S2/c1-4-9-25-22(26)20(31-23(25)30)14-16-12-17(24)21(19(13-16)27-3)29-11-10-28-18-8-6-5-7-15(18)2/h4-8,12-14H,1,9-11H2,2-3H3. The zero-order chi connectivity index (χ0) is 22.4. The van der Waals surface area contributed by atoms with Crippen LogP contribution in [0.4, 0.5) is 0 Å². The summed E-state index contributed by atoms with van der Waals surface area (Å²) in [6.07, 6.45) is 3.48. The van der Waals surface area contributed by atoms with Crippen LogP contribution in [0, 0.1) is 10.5 Å². The molecule has 0 saturated carbocycles. The lowest BCUT2D eigenvalue weighted by molar-refractivity contribution is -0.121. The summed E-state index contributed by atoms with van der Waals surface area (Å²) in [6, 6.07) is 11.7. The zero-order valence-corrected chi connectivity index (χ0v) is 21.0. The second kappa shape index (κ2) is 11.0. The lowest BCUT2D eigenvalue weighted by Crippen LogP contribution is -2.27. The van der Waals surface area contributed by atoms with Gasteiger partial charge in [0.2, 0.25) is 0 Å². The summed E-state index contributed by atoms with van der Waals surface area (Å²) in [4.78, 5) is 14.7. The van der Waals surface area contributed by atoms with Crippen LogP contribution in [0.3, 0.4) is 0 Å². The van der Waals surface area contributed by atoms with Crippen LogP contribution in [0.5, 0.6) is 17.2 Å². The molecular formula is C23H22INO4S2. The highest BCUT2D eigenvalue weighted by Gasteiger charge is 2.31. The highest BCUT2D eigenvalue weighted by molar-refractivity contribution is 14.1. The molecule has 0 radical (unpaired) electrons. The van der Waals surface area contributed by atoms with Crippen molar-refractivity contribution in [3.8, 4) is 17.2 Å². The van der Waals surface area contributed by atoms with E-state index in [1.165, 1.54) is 16.7 Å². The monoisotopic (exact) mass is 567 g/mol. The van der Waals surface area contributed by atoms with Crippen molar-refractivity contribution in [1.29, 1.82) is 0 Å². The fourth-order valence-electron chi connectivity index (χ4n) is 2.91. The third-order valence-electron chi connectivity index (χ3n) is 4.42. The van der Waals surface area contributed by atoms with E-state index in [9.17, 15) is 4.79 Å². The van der Waals surface area contributed by atoms with Crippen LogP contribution < -0.4 is 14.2 Å². The Bertz CT molecular complexity index is 1040. The van der Waals surface area contributed by atoms with E-state index >= 15 is 0 Å². The molecule has 31 heavy (non-hydrogen) atoms. The van der Waals surface area contributed by atoms with Gasteiger partial charge in [0.25, 0.3) is 5.91 Å². The van der Waals surface area contributed by atoms with Crippen molar-refractivity contribution in [3.05, 3.63) is 68.7 Å². The number of hydrogen-bond donors (Lipinski definition) is 0. The minimum absolute atomic E-state index is 0.113. The second-order valence-corrected chi connectivity index (χ2v) is 9.42. The van der Waals surface area contributed by atoms with Crippen LogP contribution in [0.2, 0.25) is 0 Å². The van der Waals surface area contributed by atoms with Crippen LogP contribution in [-0.2, 0) is 4.79 Å². The summed E-state index contributed by atoms with van der Waals surface area (Å²) in [5, 5.41) is 0. The Morgan fingerprint density at radius 1 is 1.19 bits per heavy atom. The molecule has 8 heteroatoms. The molecule has 1 aliphatic rings. The van der Waals surface area contributed by atoms with Gasteiger partial charge < -0.3 is 14.2 Å². The van der Waals surface area contributed by atoms with Crippen molar-refractivity contribution in [2.24, 2.45) is 0 Å². The maximum Gasteiger partial charge on any atom is 0.266 e. The molecule has 2 aromatic rings. The smallest absolute Gasteiger partial charge is 0.266 e. The van der Waals surface area contributed by atoms with Crippen molar-refractivity contribution >= 4 is 62.9 Å². The molecule has 162 valence electrons. The molecule has 0 spiro atoms. The molecule has 0 aliphatic carbocycles. The molecule has 1 fully saturated rings. The van der Waals surface area contributed by atoms with Crippen LogP contribution in [0.15, 0.2) is 54.0 Å². The first-order valence-electron chi connectivity index (χ1n) is 9.49. The number of ether oxygens (including phenoxy) is 3. The number of rotatable bonds is 9. The summed E-state index contributed by atoms with van der Waals surface area (Å²) < 4.78 is 18.7. The first-order valence-corrected chi connectivity index (χ1v) is 11.8. The van der Waals surface area contributed by atoms with E-state index in [2.05, 4.69) is 29.2 Å². The number of methoxy groups -OCH3 is 1. The fraction of sp³-hybridized carbons (Fsp3) is 0.217. The number of thiocarbonyl (C=S) groups is 1. The molecule has 1 amide bonds. The van der Waals surface area contributed by atoms with Gasteiger partial charge in [-0.2, -0.15) is 0 Å². The van der Waals surface area contributed by atoms with E-state index in [4.69, 9.17) is 26.4 Å². The van der Waals surface area contributed by atoms with Gasteiger partial charge in [-0.25, -0.2) is 0 Å². The summed E-state index contributed by atoms with van der Waals surface area (Å²) in [5.74, 6) is 1.97. The average Bonchev–Trinajstić information content (AvgIpc) is 3.01. The molecule has 0 bridgehead atoms. The fourth-order valence-corrected chi connectivity index (χ4v) is 4.97. The summed E-state index contributed by atoms with van der Waals surface area (Å²) in [6.45, 7) is 6.87. The highest BCUT2D eigenvalue weighted by atomic mass is 127. The van der Waals surface area contributed by atoms with Crippen LogP contribution >= 0.6 is 46.6 Å². The molecule has 0 N–H and O–H groups in total. The lowest BCUT2D eigenvalue weighted by Gasteiger charge is -2.15. The molecule has 2 aromatic carbocycles. The Morgan fingerprint density at radius 2 is 1.94 bits per heavy atom. The van der Waals surface area contributed by atoms with Crippen LogP contribution in [-0.4, -0.2) is 42.0 Å².